The average Bonchev–Trinajstić information content (AvgIpc) is 2.20. The lowest BCUT2D eigenvalue weighted by molar-refractivity contribution is 0.100. The van der Waals surface area contributed by atoms with Crippen LogP contribution in [0, 0.1) is 0 Å². The maximum absolute atomic E-state index is 4.99. The quantitative estimate of drug-likeness (QED) is 0.624. The van der Waals surface area contributed by atoms with Crippen LogP contribution < -0.4 is 5.32 Å². The van der Waals surface area contributed by atoms with E-state index in [4.69, 9.17) is 4.74 Å². The fourth-order valence-corrected chi connectivity index (χ4v) is 2.03. The van der Waals surface area contributed by atoms with Crippen LogP contribution >= 0.6 is 0 Å². The number of rotatable bonds is 6. The number of nitrogens with one attached hydrogen (secondary N) is 1. The molecule has 0 aromatic carbocycles. The van der Waals surface area contributed by atoms with E-state index in [2.05, 4.69) is 29.1 Å². The maximum Gasteiger partial charge on any atom is 0.0587 e. The van der Waals surface area contributed by atoms with E-state index in [9.17, 15) is 0 Å². The molecule has 1 rings (SSSR count). The van der Waals surface area contributed by atoms with Gasteiger partial charge >= 0.3 is 0 Å². The molecule has 4 heteroatoms. The summed E-state index contributed by atoms with van der Waals surface area (Å²) in [4.78, 5) is 4.96. The Kier molecular flexibility index (Phi) is 6.17. The number of nitrogens with zero attached hydrogens (tertiary/aromatic N) is 2. The predicted molar refractivity (Wildman–Crippen MR) is 63.3 cm³/mol. The van der Waals surface area contributed by atoms with E-state index in [1.165, 1.54) is 19.6 Å². The first kappa shape index (κ1) is 12.9. The summed E-state index contributed by atoms with van der Waals surface area (Å²) in [7, 11) is 3.94. The van der Waals surface area contributed by atoms with Crippen LogP contribution in [-0.2, 0) is 4.74 Å². The molecule has 0 amide bonds. The van der Waals surface area contributed by atoms with Crippen LogP contribution in [0.25, 0.3) is 0 Å². The molecule has 0 saturated carbocycles. The Balaban J connectivity index is 2.05. The summed E-state index contributed by atoms with van der Waals surface area (Å²) in [6.45, 7) is 9.88. The zero-order valence-electron chi connectivity index (χ0n) is 10.3. The second kappa shape index (κ2) is 7.17. The largest absolute Gasteiger partial charge is 0.383 e. The molecule has 1 unspecified atom stereocenters. The van der Waals surface area contributed by atoms with Crippen molar-refractivity contribution in [2.75, 3.05) is 60.0 Å². The molecule has 0 aromatic rings. The van der Waals surface area contributed by atoms with Gasteiger partial charge in [0.05, 0.1) is 6.61 Å². The van der Waals surface area contributed by atoms with E-state index in [0.29, 0.717) is 6.04 Å². The highest BCUT2D eigenvalue weighted by atomic mass is 16.5. The van der Waals surface area contributed by atoms with Crippen molar-refractivity contribution in [3.63, 3.8) is 0 Å². The number of hydrogen-bond acceptors (Lipinski definition) is 4. The molecule has 1 N–H and O–H groups in total. The van der Waals surface area contributed by atoms with Crippen LogP contribution in [0.15, 0.2) is 0 Å². The van der Waals surface area contributed by atoms with E-state index < -0.39 is 0 Å². The Hall–Kier alpha value is -0.160. The maximum atomic E-state index is 4.99. The third kappa shape index (κ3) is 4.93. The van der Waals surface area contributed by atoms with Gasteiger partial charge in [-0.3, -0.25) is 4.90 Å². The molecule has 1 heterocycles. The van der Waals surface area contributed by atoms with Gasteiger partial charge in [0.2, 0.25) is 0 Å². The van der Waals surface area contributed by atoms with Gasteiger partial charge in [0.25, 0.3) is 0 Å². The Bertz CT molecular complexity index is 166. The normalized spacial score (nSPS) is 24.6. The first-order valence-corrected chi connectivity index (χ1v) is 5.86. The summed E-state index contributed by atoms with van der Waals surface area (Å²) in [6.07, 6.45) is 0. The number of piperazine rings is 1. The molecule has 0 aliphatic carbocycles. The van der Waals surface area contributed by atoms with Gasteiger partial charge in [0.15, 0.2) is 0 Å². The lowest BCUT2D eigenvalue weighted by Crippen LogP contribution is -2.52. The first-order valence-electron chi connectivity index (χ1n) is 5.86. The van der Waals surface area contributed by atoms with Gasteiger partial charge < -0.3 is 15.0 Å². The second-order valence-corrected chi connectivity index (χ2v) is 4.39. The molecule has 1 saturated heterocycles. The molecular formula is C11H25N3O. The molecule has 90 valence electrons. The fraction of sp³-hybridized carbons (Fsp3) is 1.00. The molecule has 0 spiro atoms. The number of likely N-dealkylation sites (N-methyl/N-ethyl adjacent to an activating group) is 1. The fourth-order valence-electron chi connectivity index (χ4n) is 2.03. The summed E-state index contributed by atoms with van der Waals surface area (Å²) in [6, 6.07) is 0.688. The SMILES string of the molecule is COCCNCCN1CCN(C)CC1C. The highest BCUT2D eigenvalue weighted by molar-refractivity contribution is 4.77. The van der Waals surface area contributed by atoms with Crippen molar-refractivity contribution in [2.45, 2.75) is 13.0 Å². The molecule has 0 radical (unpaired) electrons. The van der Waals surface area contributed by atoms with Gasteiger partial charge in [-0.1, -0.05) is 0 Å². The minimum absolute atomic E-state index is 0.688. The molecule has 1 fully saturated rings. The van der Waals surface area contributed by atoms with Crippen molar-refractivity contribution in [1.29, 1.82) is 0 Å². The van der Waals surface area contributed by atoms with Crippen molar-refractivity contribution in [2.24, 2.45) is 0 Å². The second-order valence-electron chi connectivity index (χ2n) is 4.39. The van der Waals surface area contributed by atoms with Gasteiger partial charge in [-0.25, -0.2) is 0 Å². The first-order chi connectivity index (χ1) is 7.24. The molecule has 1 atom stereocenters. The van der Waals surface area contributed by atoms with Gasteiger partial charge in [0, 0.05) is 52.4 Å². The number of methoxy groups -OCH3 is 1. The average molecular weight is 215 g/mol. The molecule has 0 bridgehead atoms. The Morgan fingerprint density at radius 1 is 1.33 bits per heavy atom. The van der Waals surface area contributed by atoms with Crippen LogP contribution in [0.4, 0.5) is 0 Å². The van der Waals surface area contributed by atoms with Crippen molar-refractivity contribution < 1.29 is 4.74 Å². The number of ether oxygens (including phenoxy) is 1. The molecule has 15 heavy (non-hydrogen) atoms. The van der Waals surface area contributed by atoms with Crippen molar-refractivity contribution in [3.05, 3.63) is 0 Å². The summed E-state index contributed by atoms with van der Waals surface area (Å²) >= 11 is 0. The van der Waals surface area contributed by atoms with Gasteiger partial charge in [-0.2, -0.15) is 0 Å². The molecular weight excluding hydrogens is 190 g/mol. The number of hydrogen-bond donors (Lipinski definition) is 1. The zero-order chi connectivity index (χ0) is 11.1. The molecule has 0 aromatic heterocycles. The summed E-state index contributed by atoms with van der Waals surface area (Å²) in [5.74, 6) is 0. The van der Waals surface area contributed by atoms with Crippen LogP contribution in [0.1, 0.15) is 6.92 Å². The van der Waals surface area contributed by atoms with Crippen LogP contribution in [0.3, 0.4) is 0 Å². The van der Waals surface area contributed by atoms with Gasteiger partial charge in [0.1, 0.15) is 0 Å². The van der Waals surface area contributed by atoms with Crippen LogP contribution in [0.2, 0.25) is 0 Å². The van der Waals surface area contributed by atoms with E-state index in [-0.39, 0.29) is 0 Å². The van der Waals surface area contributed by atoms with Crippen LogP contribution in [-0.4, -0.2) is 75.9 Å². The van der Waals surface area contributed by atoms with E-state index >= 15 is 0 Å². The van der Waals surface area contributed by atoms with Gasteiger partial charge in [-0.05, 0) is 14.0 Å². The van der Waals surface area contributed by atoms with E-state index in [1.807, 2.05) is 0 Å². The summed E-state index contributed by atoms with van der Waals surface area (Å²) in [5, 5.41) is 3.39. The molecule has 1 aliphatic rings. The molecule has 1 aliphatic heterocycles. The standard InChI is InChI=1S/C11H25N3O/c1-11-10-13(2)7-8-14(11)6-4-12-5-9-15-3/h11-12H,4-10H2,1-3H3. The monoisotopic (exact) mass is 215 g/mol. The lowest BCUT2D eigenvalue weighted by Gasteiger charge is -2.38. The Morgan fingerprint density at radius 2 is 2.13 bits per heavy atom. The van der Waals surface area contributed by atoms with Crippen LogP contribution in [0.5, 0.6) is 0 Å². The van der Waals surface area contributed by atoms with E-state index in [0.717, 1.165) is 26.2 Å². The highest BCUT2D eigenvalue weighted by Gasteiger charge is 2.20. The van der Waals surface area contributed by atoms with Crippen molar-refractivity contribution in [3.8, 4) is 0 Å². The minimum Gasteiger partial charge on any atom is -0.383 e. The Morgan fingerprint density at radius 3 is 2.80 bits per heavy atom. The topological polar surface area (TPSA) is 27.7 Å². The zero-order valence-corrected chi connectivity index (χ0v) is 10.3. The van der Waals surface area contributed by atoms with E-state index in [1.54, 1.807) is 7.11 Å². The molecule has 4 nitrogen and oxygen atoms in total. The Labute approximate surface area is 93.6 Å². The lowest BCUT2D eigenvalue weighted by atomic mass is 10.2. The third-order valence-corrected chi connectivity index (χ3v) is 3.03. The van der Waals surface area contributed by atoms with Crippen molar-refractivity contribution in [1.82, 2.24) is 15.1 Å². The van der Waals surface area contributed by atoms with Crippen molar-refractivity contribution >= 4 is 0 Å². The third-order valence-electron chi connectivity index (χ3n) is 3.03. The predicted octanol–water partition coefficient (Wildman–Crippen LogP) is -0.142. The van der Waals surface area contributed by atoms with Gasteiger partial charge in [-0.15, -0.1) is 0 Å². The summed E-state index contributed by atoms with van der Waals surface area (Å²) < 4.78 is 4.99. The highest BCUT2D eigenvalue weighted by Crippen LogP contribution is 2.06. The smallest absolute Gasteiger partial charge is 0.0587 e. The minimum atomic E-state index is 0.688. The summed E-state index contributed by atoms with van der Waals surface area (Å²) in [5.41, 5.74) is 0.